The van der Waals surface area contributed by atoms with E-state index in [0.29, 0.717) is 11.5 Å². The van der Waals surface area contributed by atoms with Crippen molar-refractivity contribution in [3.8, 4) is 11.5 Å². The van der Waals surface area contributed by atoms with Crippen molar-refractivity contribution in [3.05, 3.63) is 23.8 Å². The highest BCUT2D eigenvalue weighted by Gasteiger charge is 2.42. The highest BCUT2D eigenvalue weighted by molar-refractivity contribution is 5.95. The van der Waals surface area contributed by atoms with Crippen LogP contribution in [0.15, 0.2) is 18.2 Å². The number of likely N-dealkylation sites (tertiary alicyclic amines) is 1. The van der Waals surface area contributed by atoms with Crippen LogP contribution in [0.2, 0.25) is 0 Å². The Balaban J connectivity index is 1.86. The quantitative estimate of drug-likeness (QED) is 0.829. The maximum absolute atomic E-state index is 13.0. The molecule has 3 rings (SSSR count). The third kappa shape index (κ3) is 3.19. The fourth-order valence-corrected chi connectivity index (χ4v) is 4.21. The molecule has 3 unspecified atom stereocenters. The van der Waals surface area contributed by atoms with Crippen molar-refractivity contribution in [1.82, 2.24) is 4.90 Å². The number of hydrogen-bond donors (Lipinski definition) is 0. The monoisotopic (exact) mass is 339 g/mol. The van der Waals surface area contributed by atoms with E-state index in [0.717, 1.165) is 19.3 Å². The summed E-state index contributed by atoms with van der Waals surface area (Å²) in [6.07, 6.45) is 5.58. The van der Waals surface area contributed by atoms with Crippen LogP contribution in [0.1, 0.15) is 49.4 Å². The van der Waals surface area contributed by atoms with Crippen LogP contribution >= 0.6 is 0 Å². The lowest BCUT2D eigenvalue weighted by atomic mass is 9.85. The molecule has 1 heterocycles. The highest BCUT2D eigenvalue weighted by atomic mass is 19.3. The van der Waals surface area contributed by atoms with E-state index in [1.54, 1.807) is 6.07 Å². The van der Waals surface area contributed by atoms with Crippen LogP contribution in [-0.4, -0.2) is 36.6 Å². The Hall–Kier alpha value is -1.85. The Kier molecular flexibility index (Phi) is 4.92. The van der Waals surface area contributed by atoms with Crippen LogP contribution in [0.3, 0.4) is 0 Å². The molecule has 0 radical (unpaired) electrons. The number of halogens is 2. The molecule has 1 saturated carbocycles. The predicted molar refractivity (Wildman–Crippen MR) is 85.6 cm³/mol. The van der Waals surface area contributed by atoms with Crippen LogP contribution in [0.25, 0.3) is 0 Å². The molecule has 1 amide bonds. The van der Waals surface area contributed by atoms with Gasteiger partial charge in [0.2, 0.25) is 0 Å². The molecule has 1 aromatic rings. The van der Waals surface area contributed by atoms with E-state index in [9.17, 15) is 13.6 Å². The van der Waals surface area contributed by atoms with Gasteiger partial charge < -0.3 is 14.4 Å². The zero-order valence-corrected chi connectivity index (χ0v) is 14.0. The number of amides is 1. The molecule has 3 atom stereocenters. The average molecular weight is 339 g/mol. The van der Waals surface area contributed by atoms with E-state index >= 15 is 0 Å². The SMILES string of the molecule is COc1ccc(C(=O)N2C(C)CC3CCCCC32)cc1OC(F)F. The van der Waals surface area contributed by atoms with Gasteiger partial charge in [0.25, 0.3) is 5.91 Å². The molecule has 24 heavy (non-hydrogen) atoms. The minimum atomic E-state index is -2.96. The fourth-order valence-electron chi connectivity index (χ4n) is 4.21. The molecule has 2 aliphatic rings. The minimum Gasteiger partial charge on any atom is -0.493 e. The third-order valence-electron chi connectivity index (χ3n) is 5.21. The molecule has 0 N–H and O–H groups in total. The van der Waals surface area contributed by atoms with Crippen LogP contribution < -0.4 is 9.47 Å². The average Bonchev–Trinajstić information content (AvgIpc) is 2.89. The summed E-state index contributed by atoms with van der Waals surface area (Å²) in [5, 5.41) is 0. The number of benzene rings is 1. The summed E-state index contributed by atoms with van der Waals surface area (Å²) < 4.78 is 34.7. The molecule has 2 fully saturated rings. The molecule has 1 saturated heterocycles. The Morgan fingerprint density at radius 1 is 1.25 bits per heavy atom. The first-order valence-corrected chi connectivity index (χ1v) is 8.46. The Morgan fingerprint density at radius 2 is 2.00 bits per heavy atom. The van der Waals surface area contributed by atoms with E-state index in [1.165, 1.54) is 32.1 Å². The number of hydrogen-bond acceptors (Lipinski definition) is 3. The summed E-state index contributed by atoms with van der Waals surface area (Å²) in [4.78, 5) is 14.9. The van der Waals surface area contributed by atoms with Gasteiger partial charge in [-0.15, -0.1) is 0 Å². The zero-order valence-electron chi connectivity index (χ0n) is 14.0. The van der Waals surface area contributed by atoms with Gasteiger partial charge in [-0.25, -0.2) is 0 Å². The van der Waals surface area contributed by atoms with Crippen molar-refractivity contribution in [1.29, 1.82) is 0 Å². The maximum Gasteiger partial charge on any atom is 0.387 e. The van der Waals surface area contributed by atoms with E-state index in [4.69, 9.17) is 4.74 Å². The van der Waals surface area contributed by atoms with Crippen LogP contribution in [0, 0.1) is 5.92 Å². The molecule has 0 bridgehead atoms. The molecule has 0 spiro atoms. The van der Waals surface area contributed by atoms with Crippen molar-refractivity contribution >= 4 is 5.91 Å². The van der Waals surface area contributed by atoms with Gasteiger partial charge >= 0.3 is 6.61 Å². The molecule has 132 valence electrons. The fraction of sp³-hybridized carbons (Fsp3) is 0.611. The van der Waals surface area contributed by atoms with Gasteiger partial charge in [0.05, 0.1) is 7.11 Å². The molecule has 0 aromatic heterocycles. The number of carbonyl (C=O) groups excluding carboxylic acids is 1. The number of fused-ring (bicyclic) bond motifs is 1. The first kappa shape index (κ1) is 17.0. The van der Waals surface area contributed by atoms with Crippen LogP contribution in [0.4, 0.5) is 8.78 Å². The first-order chi connectivity index (χ1) is 11.5. The number of rotatable bonds is 4. The van der Waals surface area contributed by atoms with E-state index in [2.05, 4.69) is 11.7 Å². The van der Waals surface area contributed by atoms with Crippen molar-refractivity contribution in [2.45, 2.75) is 57.7 Å². The summed E-state index contributed by atoms with van der Waals surface area (Å²) in [6, 6.07) is 4.91. The first-order valence-electron chi connectivity index (χ1n) is 8.46. The number of alkyl halides is 2. The summed E-state index contributed by atoms with van der Waals surface area (Å²) in [7, 11) is 1.38. The normalized spacial score (nSPS) is 26.4. The van der Waals surface area contributed by atoms with Gasteiger partial charge in [0.1, 0.15) is 0 Å². The summed E-state index contributed by atoms with van der Waals surface area (Å²) in [5.74, 6) is 0.536. The molecular weight excluding hydrogens is 316 g/mol. The Labute approximate surface area is 140 Å². The van der Waals surface area contributed by atoms with Crippen molar-refractivity contribution in [2.24, 2.45) is 5.92 Å². The van der Waals surface area contributed by atoms with Gasteiger partial charge in [-0.1, -0.05) is 12.8 Å². The second kappa shape index (κ2) is 6.95. The van der Waals surface area contributed by atoms with E-state index in [1.807, 2.05) is 4.90 Å². The standard InChI is InChI=1S/C18H23F2NO3/c1-11-9-12-5-3-4-6-14(12)21(11)17(22)13-7-8-15(23-2)16(10-13)24-18(19)20/h7-8,10-12,14,18H,3-6,9H2,1-2H3. The van der Waals surface area contributed by atoms with E-state index in [-0.39, 0.29) is 29.5 Å². The van der Waals surface area contributed by atoms with Gasteiger partial charge in [-0.05, 0) is 50.3 Å². The molecular formula is C18H23F2NO3. The molecule has 1 aromatic carbocycles. The van der Waals surface area contributed by atoms with Gasteiger partial charge in [0.15, 0.2) is 11.5 Å². The van der Waals surface area contributed by atoms with Crippen molar-refractivity contribution in [3.63, 3.8) is 0 Å². The second-order valence-electron chi connectivity index (χ2n) is 6.65. The number of methoxy groups -OCH3 is 1. The largest absolute Gasteiger partial charge is 0.493 e. The predicted octanol–water partition coefficient (Wildman–Crippen LogP) is 4.09. The topological polar surface area (TPSA) is 38.8 Å². The number of nitrogens with zero attached hydrogens (tertiary/aromatic N) is 1. The number of ether oxygens (including phenoxy) is 2. The maximum atomic E-state index is 13.0. The Bertz CT molecular complexity index is 608. The second-order valence-corrected chi connectivity index (χ2v) is 6.65. The summed E-state index contributed by atoms with van der Waals surface area (Å²) in [6.45, 7) is -0.895. The molecule has 1 aliphatic carbocycles. The zero-order chi connectivity index (χ0) is 17.3. The third-order valence-corrected chi connectivity index (χ3v) is 5.21. The lowest BCUT2D eigenvalue weighted by molar-refractivity contribution is -0.0512. The van der Waals surface area contributed by atoms with Gasteiger partial charge in [-0.2, -0.15) is 8.78 Å². The highest BCUT2D eigenvalue weighted by Crippen LogP contribution is 2.40. The minimum absolute atomic E-state index is 0.106. The lowest BCUT2D eigenvalue weighted by Crippen LogP contribution is -2.42. The molecule has 1 aliphatic heterocycles. The molecule has 6 heteroatoms. The smallest absolute Gasteiger partial charge is 0.387 e. The van der Waals surface area contributed by atoms with E-state index < -0.39 is 6.61 Å². The summed E-state index contributed by atoms with van der Waals surface area (Å²) in [5.41, 5.74) is 0.365. The van der Waals surface area contributed by atoms with Crippen LogP contribution in [-0.2, 0) is 0 Å². The Morgan fingerprint density at radius 3 is 2.71 bits per heavy atom. The summed E-state index contributed by atoms with van der Waals surface area (Å²) >= 11 is 0. The van der Waals surface area contributed by atoms with Gasteiger partial charge in [-0.3, -0.25) is 4.79 Å². The van der Waals surface area contributed by atoms with Crippen LogP contribution in [0.5, 0.6) is 11.5 Å². The molecule has 4 nitrogen and oxygen atoms in total. The van der Waals surface area contributed by atoms with Crippen molar-refractivity contribution < 1.29 is 23.0 Å². The van der Waals surface area contributed by atoms with Gasteiger partial charge in [0, 0.05) is 17.6 Å². The lowest BCUT2D eigenvalue weighted by Gasteiger charge is -2.33. The number of carbonyl (C=O) groups is 1. The van der Waals surface area contributed by atoms with Crippen molar-refractivity contribution in [2.75, 3.05) is 7.11 Å².